The van der Waals surface area contributed by atoms with Gasteiger partial charge >= 0.3 is 11.8 Å². The average Bonchev–Trinajstić information content (AvgIpc) is 2.80. The topological polar surface area (TPSA) is 78.0 Å². The number of piperazine rings is 1. The Bertz CT molecular complexity index is 1160. The van der Waals surface area contributed by atoms with Gasteiger partial charge in [-0.1, -0.05) is 36.4 Å². The van der Waals surface area contributed by atoms with E-state index in [0.717, 1.165) is 22.3 Å². The Morgan fingerprint density at radius 1 is 0.818 bits per heavy atom. The van der Waals surface area contributed by atoms with E-state index in [-0.39, 0.29) is 6.04 Å². The van der Waals surface area contributed by atoms with Gasteiger partial charge in [-0.25, -0.2) is 8.42 Å². The number of hydrogen-bond donors (Lipinski definition) is 0. The van der Waals surface area contributed by atoms with Crippen LogP contribution in [0.1, 0.15) is 35.1 Å². The number of carbonyl (C=O) groups excluding carboxylic acids is 2. The lowest BCUT2D eigenvalue weighted by molar-refractivity contribution is -0.158. The summed E-state index contributed by atoms with van der Waals surface area (Å²) < 4.78 is 28.1. The van der Waals surface area contributed by atoms with Gasteiger partial charge in [0, 0.05) is 38.8 Å². The van der Waals surface area contributed by atoms with Gasteiger partial charge in [0.25, 0.3) is 0 Å². The number of carbonyl (C=O) groups is 2. The highest BCUT2D eigenvalue weighted by atomic mass is 32.2. The number of nitrogens with zero attached hydrogens (tertiary/aromatic N) is 3. The summed E-state index contributed by atoms with van der Waals surface area (Å²) in [6.45, 7) is 7.78. The first-order valence-corrected chi connectivity index (χ1v) is 12.8. The van der Waals surface area contributed by atoms with Crippen molar-refractivity contribution in [2.24, 2.45) is 0 Å². The van der Waals surface area contributed by atoms with Gasteiger partial charge in [0.15, 0.2) is 0 Å². The van der Waals surface area contributed by atoms with Gasteiger partial charge in [-0.3, -0.25) is 9.59 Å². The Hall–Kier alpha value is -2.71. The number of amides is 2. The number of rotatable bonds is 5. The van der Waals surface area contributed by atoms with Gasteiger partial charge in [-0.05, 0) is 61.9 Å². The second-order valence-electron chi connectivity index (χ2n) is 9.05. The maximum absolute atomic E-state index is 13.3. The summed E-state index contributed by atoms with van der Waals surface area (Å²) in [5.74, 6) is -0.964. The first-order valence-electron chi connectivity index (χ1n) is 11.4. The molecule has 2 aliphatic rings. The Balaban J connectivity index is 1.39. The van der Waals surface area contributed by atoms with Crippen LogP contribution in [-0.2, 0) is 26.2 Å². The molecule has 2 amide bonds. The van der Waals surface area contributed by atoms with Crippen LogP contribution in [0.4, 0.5) is 0 Å². The molecule has 2 saturated heterocycles. The summed E-state index contributed by atoms with van der Waals surface area (Å²) in [5.41, 5.74) is 3.76. The summed E-state index contributed by atoms with van der Waals surface area (Å²) >= 11 is 0. The van der Waals surface area contributed by atoms with Crippen LogP contribution in [0.25, 0.3) is 0 Å². The predicted molar refractivity (Wildman–Crippen MR) is 126 cm³/mol. The molecule has 7 nitrogen and oxygen atoms in total. The molecule has 33 heavy (non-hydrogen) atoms. The monoisotopic (exact) mass is 469 g/mol. The van der Waals surface area contributed by atoms with E-state index < -0.39 is 21.8 Å². The highest BCUT2D eigenvalue weighted by Crippen LogP contribution is 2.28. The van der Waals surface area contributed by atoms with Crippen molar-refractivity contribution >= 4 is 21.8 Å². The molecular weight excluding hydrogens is 438 g/mol. The second-order valence-corrected chi connectivity index (χ2v) is 11.0. The van der Waals surface area contributed by atoms with Crippen molar-refractivity contribution in [2.45, 2.75) is 51.1 Å². The van der Waals surface area contributed by atoms with Crippen LogP contribution < -0.4 is 0 Å². The number of aryl methyl sites for hydroxylation is 3. The molecule has 0 aromatic heterocycles. The molecule has 0 bridgehead atoms. The van der Waals surface area contributed by atoms with Crippen molar-refractivity contribution in [1.82, 2.24) is 14.1 Å². The van der Waals surface area contributed by atoms with Gasteiger partial charge in [-0.15, -0.1) is 0 Å². The predicted octanol–water partition coefficient (Wildman–Crippen LogP) is 2.64. The molecule has 2 fully saturated rings. The Labute approximate surface area is 196 Å². The molecule has 0 spiro atoms. The smallest absolute Gasteiger partial charge is 0.312 e. The zero-order valence-electron chi connectivity index (χ0n) is 19.5. The minimum Gasteiger partial charge on any atom is -0.330 e. The molecule has 0 radical (unpaired) electrons. The van der Waals surface area contributed by atoms with Gasteiger partial charge < -0.3 is 9.80 Å². The summed E-state index contributed by atoms with van der Waals surface area (Å²) in [7, 11) is -3.60. The number of piperidine rings is 1. The van der Waals surface area contributed by atoms with Crippen LogP contribution >= 0.6 is 0 Å². The fourth-order valence-corrected chi connectivity index (χ4v) is 6.50. The summed E-state index contributed by atoms with van der Waals surface area (Å²) in [6.07, 6.45) is 1.06. The molecule has 2 aromatic carbocycles. The van der Waals surface area contributed by atoms with E-state index in [1.807, 2.05) is 57.2 Å². The number of sulfonamides is 1. The minimum atomic E-state index is -3.60. The summed E-state index contributed by atoms with van der Waals surface area (Å²) in [6, 6.07) is 13.2. The molecule has 8 heteroatoms. The SMILES string of the molecule is Cc1cc(C)c(S(=O)(=O)N2CCC(N3CCN(Cc4ccccc4)C(=O)C3=O)CC2)cc1C. The van der Waals surface area contributed by atoms with Gasteiger partial charge in [0.1, 0.15) is 0 Å². The Kier molecular flexibility index (Phi) is 6.59. The molecule has 0 saturated carbocycles. The zero-order chi connectivity index (χ0) is 23.8. The van der Waals surface area contributed by atoms with Crippen molar-refractivity contribution in [3.05, 3.63) is 64.7 Å². The summed E-state index contributed by atoms with van der Waals surface area (Å²) in [5, 5.41) is 0. The highest BCUT2D eigenvalue weighted by molar-refractivity contribution is 7.89. The van der Waals surface area contributed by atoms with Crippen LogP contribution in [0, 0.1) is 20.8 Å². The van der Waals surface area contributed by atoms with Crippen molar-refractivity contribution in [3.8, 4) is 0 Å². The maximum Gasteiger partial charge on any atom is 0.312 e. The fraction of sp³-hybridized carbons (Fsp3) is 0.440. The lowest BCUT2D eigenvalue weighted by atomic mass is 10.0. The lowest BCUT2D eigenvalue weighted by Crippen LogP contribution is -2.58. The van der Waals surface area contributed by atoms with E-state index in [9.17, 15) is 18.0 Å². The molecule has 0 atom stereocenters. The van der Waals surface area contributed by atoms with Gasteiger partial charge in [-0.2, -0.15) is 4.31 Å². The Morgan fingerprint density at radius 2 is 1.45 bits per heavy atom. The van der Waals surface area contributed by atoms with E-state index in [0.29, 0.717) is 50.5 Å². The molecule has 2 aliphatic heterocycles. The third-order valence-electron chi connectivity index (χ3n) is 6.83. The van der Waals surface area contributed by atoms with Crippen molar-refractivity contribution in [3.63, 3.8) is 0 Å². The second kappa shape index (κ2) is 9.27. The third-order valence-corrected chi connectivity index (χ3v) is 8.87. The van der Waals surface area contributed by atoms with Crippen LogP contribution in [0.2, 0.25) is 0 Å². The normalized spacial score (nSPS) is 18.8. The van der Waals surface area contributed by atoms with E-state index in [2.05, 4.69) is 0 Å². The minimum absolute atomic E-state index is 0.118. The number of hydrogen-bond acceptors (Lipinski definition) is 4. The summed E-state index contributed by atoms with van der Waals surface area (Å²) in [4.78, 5) is 29.2. The van der Waals surface area contributed by atoms with Crippen molar-refractivity contribution in [2.75, 3.05) is 26.2 Å². The molecule has 4 rings (SSSR count). The molecule has 176 valence electrons. The maximum atomic E-state index is 13.3. The largest absolute Gasteiger partial charge is 0.330 e. The molecule has 2 heterocycles. The average molecular weight is 470 g/mol. The van der Waals surface area contributed by atoms with Crippen LogP contribution in [-0.4, -0.2) is 66.6 Å². The molecule has 0 unspecified atom stereocenters. The van der Waals surface area contributed by atoms with E-state index in [1.165, 1.54) is 4.31 Å². The fourth-order valence-electron chi connectivity index (χ4n) is 4.74. The van der Waals surface area contributed by atoms with E-state index >= 15 is 0 Å². The molecular formula is C25H31N3O4S. The van der Waals surface area contributed by atoms with Gasteiger partial charge in [0.05, 0.1) is 4.90 Å². The Morgan fingerprint density at radius 3 is 2.12 bits per heavy atom. The van der Waals surface area contributed by atoms with Crippen LogP contribution in [0.3, 0.4) is 0 Å². The molecule has 0 aliphatic carbocycles. The van der Waals surface area contributed by atoms with Crippen LogP contribution in [0.5, 0.6) is 0 Å². The third kappa shape index (κ3) is 4.68. The van der Waals surface area contributed by atoms with Crippen LogP contribution in [0.15, 0.2) is 47.4 Å². The first-order chi connectivity index (χ1) is 15.7. The molecule has 0 N–H and O–H groups in total. The van der Waals surface area contributed by atoms with Gasteiger partial charge in [0.2, 0.25) is 10.0 Å². The highest BCUT2D eigenvalue weighted by Gasteiger charge is 2.39. The zero-order valence-corrected chi connectivity index (χ0v) is 20.3. The van der Waals surface area contributed by atoms with E-state index in [1.54, 1.807) is 15.9 Å². The van der Waals surface area contributed by atoms with Crippen molar-refractivity contribution in [1.29, 1.82) is 0 Å². The van der Waals surface area contributed by atoms with Crippen molar-refractivity contribution < 1.29 is 18.0 Å². The quantitative estimate of drug-likeness (QED) is 0.631. The van der Waals surface area contributed by atoms with E-state index in [4.69, 9.17) is 0 Å². The lowest BCUT2D eigenvalue weighted by Gasteiger charge is -2.41. The standard InChI is InChI=1S/C25H31N3O4S/c1-18-15-20(3)23(16-19(18)2)33(31,32)27-11-9-22(10-12-27)28-14-13-26(24(29)25(28)30)17-21-7-5-4-6-8-21/h4-8,15-16,22H,9-14,17H2,1-3H3. The first kappa shape index (κ1) is 23.4. The molecule has 2 aromatic rings. The number of benzene rings is 2.